The van der Waals surface area contributed by atoms with Crippen LogP contribution in [0, 0.1) is 6.92 Å². The third kappa shape index (κ3) is 2.63. The van der Waals surface area contributed by atoms with E-state index in [1.165, 1.54) is 7.11 Å². The van der Waals surface area contributed by atoms with E-state index in [0.717, 1.165) is 5.57 Å². The van der Waals surface area contributed by atoms with E-state index < -0.39 is 12.1 Å². The number of carbonyl (C=O) groups excluding carboxylic acids is 2. The van der Waals surface area contributed by atoms with E-state index in [4.69, 9.17) is 9.47 Å². The maximum atomic E-state index is 12.2. The van der Waals surface area contributed by atoms with Gasteiger partial charge in [-0.3, -0.25) is 4.79 Å². The average Bonchev–Trinajstić information content (AvgIpc) is 2.79. The fraction of sp³-hybridized carbons (Fsp3) is 0.375. The predicted molar refractivity (Wildman–Crippen MR) is 76.6 cm³/mol. The smallest absolute Gasteiger partial charge is 0.346 e. The lowest BCUT2D eigenvalue weighted by Crippen LogP contribution is -2.25. The number of hydrogen-bond donors (Lipinski definition) is 0. The summed E-state index contributed by atoms with van der Waals surface area (Å²) in [6.07, 6.45) is -0.730. The number of benzene rings is 1. The number of ether oxygens (including phenoxy) is 3. The summed E-state index contributed by atoms with van der Waals surface area (Å²) in [5, 5.41) is 0. The second kappa shape index (κ2) is 5.60. The lowest BCUT2D eigenvalue weighted by molar-refractivity contribution is -0.147. The lowest BCUT2D eigenvalue weighted by Gasteiger charge is -2.15. The zero-order valence-corrected chi connectivity index (χ0v) is 12.8. The van der Waals surface area contributed by atoms with Crippen LogP contribution in [0.3, 0.4) is 0 Å². The first-order valence-electron chi connectivity index (χ1n) is 6.65. The molecule has 5 heteroatoms. The molecule has 0 spiro atoms. The third-order valence-electron chi connectivity index (χ3n) is 3.30. The maximum Gasteiger partial charge on any atom is 0.346 e. The molecule has 5 nitrogen and oxygen atoms in total. The Bertz CT molecular complexity index is 638. The molecule has 0 bridgehead atoms. The Morgan fingerprint density at radius 1 is 1.29 bits per heavy atom. The summed E-state index contributed by atoms with van der Waals surface area (Å²) in [4.78, 5) is 23.6. The molecule has 0 amide bonds. The molecule has 2 rings (SSSR count). The normalized spacial score (nSPS) is 14.3. The summed E-state index contributed by atoms with van der Waals surface area (Å²) >= 11 is 0. The van der Waals surface area contributed by atoms with Gasteiger partial charge in [0.1, 0.15) is 11.5 Å². The Morgan fingerprint density at radius 3 is 2.52 bits per heavy atom. The highest BCUT2D eigenvalue weighted by Gasteiger charge is 2.31. The first-order chi connectivity index (χ1) is 9.86. The quantitative estimate of drug-likeness (QED) is 0.632. The number of esters is 1. The van der Waals surface area contributed by atoms with Crippen LogP contribution in [0.2, 0.25) is 0 Å². The van der Waals surface area contributed by atoms with Crippen molar-refractivity contribution in [2.45, 2.75) is 33.8 Å². The van der Waals surface area contributed by atoms with Crippen LogP contribution in [-0.2, 0) is 9.53 Å². The maximum absolute atomic E-state index is 12.2. The first-order valence-corrected chi connectivity index (χ1v) is 6.65. The minimum Gasteiger partial charge on any atom is -0.479 e. The van der Waals surface area contributed by atoms with Gasteiger partial charge in [-0.1, -0.05) is 0 Å². The van der Waals surface area contributed by atoms with Crippen LogP contribution in [0.25, 0.3) is 0 Å². The standard InChI is InChI=1S/C16H18O5/c1-8(2)14-13(17)11-6-7-12(9(3)15(11)21-14)20-10(4)16(18)19-5/h6-7,10H,1-5H3. The summed E-state index contributed by atoms with van der Waals surface area (Å²) in [6.45, 7) is 7.04. The van der Waals surface area contributed by atoms with Crippen molar-refractivity contribution in [1.29, 1.82) is 0 Å². The molecule has 1 aromatic rings. The second-order valence-electron chi connectivity index (χ2n) is 5.11. The van der Waals surface area contributed by atoms with E-state index in [2.05, 4.69) is 4.74 Å². The number of carbonyl (C=O) groups is 2. The molecule has 0 aliphatic carbocycles. The van der Waals surface area contributed by atoms with Crippen molar-refractivity contribution in [1.82, 2.24) is 0 Å². The van der Waals surface area contributed by atoms with Crippen molar-refractivity contribution in [3.63, 3.8) is 0 Å². The van der Waals surface area contributed by atoms with E-state index >= 15 is 0 Å². The molecule has 1 heterocycles. The summed E-state index contributed by atoms with van der Waals surface area (Å²) in [7, 11) is 1.31. The van der Waals surface area contributed by atoms with E-state index in [1.807, 2.05) is 13.8 Å². The molecule has 1 aliphatic heterocycles. The molecular formula is C16H18O5. The zero-order valence-electron chi connectivity index (χ0n) is 12.8. The molecule has 1 unspecified atom stereocenters. The van der Waals surface area contributed by atoms with E-state index in [9.17, 15) is 9.59 Å². The van der Waals surface area contributed by atoms with Crippen LogP contribution in [0.15, 0.2) is 23.5 Å². The fourth-order valence-corrected chi connectivity index (χ4v) is 2.12. The van der Waals surface area contributed by atoms with Crippen molar-refractivity contribution < 1.29 is 23.8 Å². The average molecular weight is 290 g/mol. The number of fused-ring (bicyclic) bond motifs is 1. The number of hydrogen-bond acceptors (Lipinski definition) is 5. The van der Waals surface area contributed by atoms with Crippen LogP contribution >= 0.6 is 0 Å². The molecule has 0 N–H and O–H groups in total. The van der Waals surface area contributed by atoms with Crippen molar-refractivity contribution in [2.24, 2.45) is 0 Å². The second-order valence-corrected chi connectivity index (χ2v) is 5.11. The van der Waals surface area contributed by atoms with E-state index in [1.54, 1.807) is 26.0 Å². The first kappa shape index (κ1) is 15.1. The van der Waals surface area contributed by atoms with E-state index in [-0.39, 0.29) is 5.78 Å². The van der Waals surface area contributed by atoms with Crippen LogP contribution < -0.4 is 9.47 Å². The van der Waals surface area contributed by atoms with Gasteiger partial charge >= 0.3 is 5.97 Å². The summed E-state index contributed by atoms with van der Waals surface area (Å²) in [5.41, 5.74) is 2.02. The summed E-state index contributed by atoms with van der Waals surface area (Å²) in [5.74, 6) is 0.754. The fourth-order valence-electron chi connectivity index (χ4n) is 2.12. The van der Waals surface area contributed by atoms with Gasteiger partial charge in [-0.05, 0) is 45.4 Å². The van der Waals surface area contributed by atoms with Crippen molar-refractivity contribution in [2.75, 3.05) is 7.11 Å². The number of rotatable bonds is 3. The van der Waals surface area contributed by atoms with Gasteiger partial charge < -0.3 is 14.2 Å². The molecule has 0 radical (unpaired) electrons. The topological polar surface area (TPSA) is 61.8 Å². The molecular weight excluding hydrogens is 272 g/mol. The van der Waals surface area contributed by atoms with Gasteiger partial charge in [0.15, 0.2) is 11.9 Å². The SMILES string of the molecule is COC(=O)C(C)Oc1ccc2c(c1C)OC(=C(C)C)C2=O. The highest BCUT2D eigenvalue weighted by molar-refractivity contribution is 6.13. The number of methoxy groups -OCH3 is 1. The highest BCUT2D eigenvalue weighted by atomic mass is 16.6. The predicted octanol–water partition coefficient (Wildman–Crippen LogP) is 2.80. The lowest BCUT2D eigenvalue weighted by atomic mass is 10.1. The summed E-state index contributed by atoms with van der Waals surface area (Å²) < 4.78 is 15.9. The van der Waals surface area contributed by atoms with Gasteiger partial charge in [0, 0.05) is 5.56 Å². The van der Waals surface area contributed by atoms with Crippen molar-refractivity contribution >= 4 is 11.8 Å². The third-order valence-corrected chi connectivity index (χ3v) is 3.30. The van der Waals surface area contributed by atoms with Crippen molar-refractivity contribution in [3.8, 4) is 11.5 Å². The van der Waals surface area contributed by atoms with Crippen LogP contribution in [-0.4, -0.2) is 25.0 Å². The number of ketones is 1. The Labute approximate surface area is 123 Å². The van der Waals surface area contributed by atoms with E-state index in [0.29, 0.717) is 28.4 Å². The van der Waals surface area contributed by atoms with Gasteiger partial charge in [0.2, 0.25) is 5.78 Å². The Kier molecular flexibility index (Phi) is 4.02. The largest absolute Gasteiger partial charge is 0.479 e. The van der Waals surface area contributed by atoms with Crippen LogP contribution in [0.5, 0.6) is 11.5 Å². The molecule has 1 aromatic carbocycles. The molecule has 1 aliphatic rings. The van der Waals surface area contributed by atoms with Crippen LogP contribution in [0.4, 0.5) is 0 Å². The molecule has 0 aromatic heterocycles. The van der Waals surface area contributed by atoms with Gasteiger partial charge in [-0.15, -0.1) is 0 Å². The minimum absolute atomic E-state index is 0.124. The highest BCUT2D eigenvalue weighted by Crippen LogP contribution is 2.39. The van der Waals surface area contributed by atoms with Gasteiger partial charge in [-0.2, -0.15) is 0 Å². The van der Waals surface area contributed by atoms with Crippen LogP contribution in [0.1, 0.15) is 36.7 Å². The van der Waals surface area contributed by atoms with Gasteiger partial charge in [0.05, 0.1) is 12.7 Å². The van der Waals surface area contributed by atoms with Crippen molar-refractivity contribution in [3.05, 3.63) is 34.6 Å². The molecule has 1 atom stereocenters. The molecule has 112 valence electrons. The van der Waals surface area contributed by atoms with Gasteiger partial charge in [-0.25, -0.2) is 4.79 Å². The minimum atomic E-state index is -0.730. The molecule has 21 heavy (non-hydrogen) atoms. The monoisotopic (exact) mass is 290 g/mol. The summed E-state index contributed by atoms with van der Waals surface area (Å²) in [6, 6.07) is 3.32. The molecule has 0 saturated carbocycles. The van der Waals surface area contributed by atoms with Gasteiger partial charge in [0.25, 0.3) is 0 Å². The Hall–Kier alpha value is -2.30. The number of Topliss-reactive ketones (excluding diaryl/α,β-unsaturated/α-hetero) is 1. The number of allylic oxidation sites excluding steroid dienone is 2. The molecule has 0 saturated heterocycles. The zero-order chi connectivity index (χ0) is 15.7. The molecule has 0 fully saturated rings. The Morgan fingerprint density at radius 2 is 1.95 bits per heavy atom. The Balaban J connectivity index is 2.36.